The summed E-state index contributed by atoms with van der Waals surface area (Å²) in [6, 6.07) is 2.88. The SMILES string of the molecule is CCCCC(C)C(=O)NNS(=O)(=O)c1ccc(Cl)s1. The first-order valence-corrected chi connectivity index (χ1v) is 8.61. The minimum Gasteiger partial charge on any atom is -0.277 e. The van der Waals surface area contributed by atoms with E-state index in [0.29, 0.717) is 4.34 Å². The van der Waals surface area contributed by atoms with Crippen molar-refractivity contribution in [1.82, 2.24) is 10.3 Å². The molecular weight excluding hydrogens is 308 g/mol. The number of carbonyl (C=O) groups excluding carboxylic acids is 1. The number of hydrogen-bond donors (Lipinski definition) is 2. The van der Waals surface area contributed by atoms with Crippen LogP contribution in [0.4, 0.5) is 0 Å². The Balaban J connectivity index is 2.54. The van der Waals surface area contributed by atoms with Gasteiger partial charge < -0.3 is 0 Å². The lowest BCUT2D eigenvalue weighted by Crippen LogP contribution is -2.43. The number of hydrazine groups is 1. The molecular formula is C11H17ClN2O3S2. The Bertz CT molecular complexity index is 528. The Kier molecular flexibility index (Phi) is 6.25. The van der Waals surface area contributed by atoms with E-state index >= 15 is 0 Å². The molecule has 0 aliphatic heterocycles. The van der Waals surface area contributed by atoms with Gasteiger partial charge in [-0.15, -0.1) is 16.2 Å². The molecule has 8 heteroatoms. The Hall–Kier alpha value is -0.630. The summed E-state index contributed by atoms with van der Waals surface area (Å²) in [4.78, 5) is 13.7. The normalized spacial score (nSPS) is 13.2. The zero-order chi connectivity index (χ0) is 14.5. The number of unbranched alkanes of at least 4 members (excludes halogenated alkanes) is 1. The highest BCUT2D eigenvalue weighted by Gasteiger charge is 2.19. The number of thiophene rings is 1. The van der Waals surface area contributed by atoms with Crippen LogP contribution in [0.2, 0.25) is 4.34 Å². The highest BCUT2D eigenvalue weighted by molar-refractivity contribution is 7.91. The molecule has 0 radical (unpaired) electrons. The number of halogens is 1. The van der Waals surface area contributed by atoms with Gasteiger partial charge in [-0.3, -0.25) is 10.2 Å². The fourth-order valence-electron chi connectivity index (χ4n) is 1.37. The number of amides is 1. The van der Waals surface area contributed by atoms with Gasteiger partial charge in [0.1, 0.15) is 4.21 Å². The van der Waals surface area contributed by atoms with Crippen molar-refractivity contribution < 1.29 is 13.2 Å². The molecule has 2 N–H and O–H groups in total. The average Bonchev–Trinajstić information content (AvgIpc) is 2.80. The molecule has 108 valence electrons. The topological polar surface area (TPSA) is 75.3 Å². The molecule has 1 aromatic heterocycles. The molecule has 1 rings (SSSR count). The van der Waals surface area contributed by atoms with Crippen LogP contribution >= 0.6 is 22.9 Å². The molecule has 0 bridgehead atoms. The monoisotopic (exact) mass is 324 g/mol. The summed E-state index contributed by atoms with van der Waals surface area (Å²) >= 11 is 6.61. The lowest BCUT2D eigenvalue weighted by molar-refractivity contribution is -0.125. The first kappa shape index (κ1) is 16.4. The second-order valence-electron chi connectivity index (χ2n) is 4.20. The molecule has 0 saturated heterocycles. The van der Waals surface area contributed by atoms with E-state index < -0.39 is 10.0 Å². The number of rotatable bonds is 7. The molecule has 1 atom stereocenters. The van der Waals surface area contributed by atoms with Crippen molar-refractivity contribution >= 4 is 38.9 Å². The lowest BCUT2D eigenvalue weighted by atomic mass is 10.0. The Morgan fingerprint density at radius 2 is 2.16 bits per heavy atom. The molecule has 1 unspecified atom stereocenters. The fourth-order valence-corrected chi connectivity index (χ4v) is 3.70. The van der Waals surface area contributed by atoms with Crippen molar-refractivity contribution in [2.75, 3.05) is 0 Å². The second-order valence-corrected chi connectivity index (χ2v) is 7.82. The molecule has 1 aromatic rings. The van der Waals surface area contributed by atoms with Crippen LogP contribution in [0.1, 0.15) is 33.1 Å². The van der Waals surface area contributed by atoms with Crippen LogP contribution in [0.3, 0.4) is 0 Å². The number of nitrogens with one attached hydrogen (secondary N) is 2. The molecule has 0 spiro atoms. The summed E-state index contributed by atoms with van der Waals surface area (Å²) in [5, 5.41) is 0. The van der Waals surface area contributed by atoms with Crippen LogP contribution in [-0.2, 0) is 14.8 Å². The largest absolute Gasteiger partial charge is 0.277 e. The van der Waals surface area contributed by atoms with Gasteiger partial charge in [-0.1, -0.05) is 38.3 Å². The Labute approximate surface area is 122 Å². The number of hydrogen-bond acceptors (Lipinski definition) is 4. The summed E-state index contributed by atoms with van der Waals surface area (Å²) in [6.45, 7) is 3.80. The molecule has 0 aromatic carbocycles. The van der Waals surface area contributed by atoms with Crippen LogP contribution in [0.25, 0.3) is 0 Å². The van der Waals surface area contributed by atoms with Crippen LogP contribution < -0.4 is 10.3 Å². The zero-order valence-corrected chi connectivity index (χ0v) is 13.2. The van der Waals surface area contributed by atoms with Crippen molar-refractivity contribution in [2.24, 2.45) is 5.92 Å². The molecule has 1 heterocycles. The molecule has 19 heavy (non-hydrogen) atoms. The Morgan fingerprint density at radius 1 is 1.47 bits per heavy atom. The third-order valence-electron chi connectivity index (χ3n) is 2.56. The number of sulfonamides is 1. The summed E-state index contributed by atoms with van der Waals surface area (Å²) in [6.07, 6.45) is 2.66. The maximum absolute atomic E-state index is 11.8. The highest BCUT2D eigenvalue weighted by atomic mass is 35.5. The molecule has 0 saturated carbocycles. The van der Waals surface area contributed by atoms with Gasteiger partial charge in [0.2, 0.25) is 5.91 Å². The lowest BCUT2D eigenvalue weighted by Gasteiger charge is -2.12. The Morgan fingerprint density at radius 3 is 2.68 bits per heavy atom. The molecule has 0 aliphatic rings. The van der Waals surface area contributed by atoms with Gasteiger partial charge >= 0.3 is 0 Å². The van der Waals surface area contributed by atoms with E-state index in [4.69, 9.17) is 11.6 Å². The fraction of sp³-hybridized carbons (Fsp3) is 0.545. The maximum Gasteiger partial charge on any atom is 0.266 e. The predicted molar refractivity (Wildman–Crippen MR) is 76.5 cm³/mol. The molecule has 1 amide bonds. The minimum atomic E-state index is -3.74. The quantitative estimate of drug-likeness (QED) is 0.757. The van der Waals surface area contributed by atoms with Crippen LogP contribution in [0.15, 0.2) is 16.3 Å². The van der Waals surface area contributed by atoms with Crippen molar-refractivity contribution in [2.45, 2.75) is 37.3 Å². The van der Waals surface area contributed by atoms with Gasteiger partial charge in [-0.25, -0.2) is 8.42 Å². The first-order valence-electron chi connectivity index (χ1n) is 5.94. The summed E-state index contributed by atoms with van der Waals surface area (Å²) in [5.74, 6) is -0.561. The first-order chi connectivity index (χ1) is 8.86. The van der Waals surface area contributed by atoms with Crippen molar-refractivity contribution in [1.29, 1.82) is 0 Å². The van der Waals surface area contributed by atoms with Gasteiger partial charge in [-0.05, 0) is 18.6 Å². The summed E-state index contributed by atoms with van der Waals surface area (Å²) < 4.78 is 24.1. The van der Waals surface area contributed by atoms with E-state index in [0.717, 1.165) is 30.6 Å². The number of carbonyl (C=O) groups is 1. The standard InChI is InChI=1S/C11H17ClN2O3S2/c1-3-4-5-8(2)11(15)13-14-19(16,17)10-7-6-9(12)18-10/h6-8,14H,3-5H2,1-2H3,(H,13,15). The zero-order valence-electron chi connectivity index (χ0n) is 10.8. The molecule has 5 nitrogen and oxygen atoms in total. The van der Waals surface area contributed by atoms with E-state index in [1.54, 1.807) is 6.92 Å². The van der Waals surface area contributed by atoms with Gasteiger partial charge in [0.05, 0.1) is 4.34 Å². The third-order valence-corrected chi connectivity index (χ3v) is 5.53. The molecule has 0 fully saturated rings. The van der Waals surface area contributed by atoms with Crippen LogP contribution in [0.5, 0.6) is 0 Å². The van der Waals surface area contributed by atoms with Gasteiger partial charge in [0.25, 0.3) is 10.0 Å². The molecule has 0 aliphatic carbocycles. The average molecular weight is 325 g/mol. The third kappa shape index (κ3) is 5.10. The van der Waals surface area contributed by atoms with Crippen molar-refractivity contribution in [3.8, 4) is 0 Å². The van der Waals surface area contributed by atoms with Crippen LogP contribution in [-0.4, -0.2) is 14.3 Å². The van der Waals surface area contributed by atoms with Gasteiger partial charge in [-0.2, -0.15) is 0 Å². The minimum absolute atomic E-state index is 0.0685. The van der Waals surface area contributed by atoms with E-state index in [1.165, 1.54) is 12.1 Å². The predicted octanol–water partition coefficient (Wildman–Crippen LogP) is 2.54. The van der Waals surface area contributed by atoms with Crippen LogP contribution in [0, 0.1) is 5.92 Å². The van der Waals surface area contributed by atoms with E-state index in [1.807, 2.05) is 6.92 Å². The summed E-state index contributed by atoms with van der Waals surface area (Å²) in [7, 11) is -3.74. The van der Waals surface area contributed by atoms with Crippen molar-refractivity contribution in [3.63, 3.8) is 0 Å². The second kappa shape index (κ2) is 7.23. The van der Waals surface area contributed by atoms with Gasteiger partial charge in [0, 0.05) is 5.92 Å². The van der Waals surface area contributed by atoms with Crippen molar-refractivity contribution in [3.05, 3.63) is 16.5 Å². The summed E-state index contributed by atoms with van der Waals surface area (Å²) in [5.41, 5.74) is 2.23. The van der Waals surface area contributed by atoms with E-state index in [2.05, 4.69) is 10.3 Å². The smallest absolute Gasteiger partial charge is 0.266 e. The maximum atomic E-state index is 11.8. The van der Waals surface area contributed by atoms with Gasteiger partial charge in [0.15, 0.2) is 0 Å². The van der Waals surface area contributed by atoms with E-state index in [-0.39, 0.29) is 16.0 Å². The highest BCUT2D eigenvalue weighted by Crippen LogP contribution is 2.24. The van der Waals surface area contributed by atoms with E-state index in [9.17, 15) is 13.2 Å².